The van der Waals surface area contributed by atoms with E-state index < -0.39 is 0 Å². The van der Waals surface area contributed by atoms with Gasteiger partial charge in [-0.3, -0.25) is 0 Å². The Bertz CT molecular complexity index is 215. The zero-order valence-electron chi connectivity index (χ0n) is 10.1. The minimum Gasteiger partial charge on any atom is -0.310 e. The van der Waals surface area contributed by atoms with Crippen molar-refractivity contribution in [1.29, 1.82) is 0 Å². The molecule has 2 rings (SSSR count). The molecule has 2 aliphatic carbocycles. The second-order valence-corrected chi connectivity index (χ2v) is 5.10. The number of nitrogens with one attached hydrogen (secondary N) is 1. The minimum absolute atomic E-state index is 0.730. The van der Waals surface area contributed by atoms with Gasteiger partial charge in [-0.2, -0.15) is 0 Å². The van der Waals surface area contributed by atoms with E-state index in [0.29, 0.717) is 0 Å². The van der Waals surface area contributed by atoms with Gasteiger partial charge in [0, 0.05) is 6.04 Å². The van der Waals surface area contributed by atoms with Gasteiger partial charge in [-0.1, -0.05) is 31.4 Å². The van der Waals surface area contributed by atoms with Gasteiger partial charge >= 0.3 is 0 Å². The van der Waals surface area contributed by atoms with Gasteiger partial charge < -0.3 is 5.32 Å². The van der Waals surface area contributed by atoms with Crippen LogP contribution in [0.1, 0.15) is 58.3 Å². The molecule has 1 fully saturated rings. The van der Waals surface area contributed by atoms with Gasteiger partial charge in [0.1, 0.15) is 0 Å². The van der Waals surface area contributed by atoms with E-state index in [1.165, 1.54) is 51.4 Å². The summed E-state index contributed by atoms with van der Waals surface area (Å²) in [5, 5.41) is 3.69. The summed E-state index contributed by atoms with van der Waals surface area (Å²) in [6, 6.07) is 0.730. The summed E-state index contributed by atoms with van der Waals surface area (Å²) < 4.78 is 0. The maximum Gasteiger partial charge on any atom is 0.0307 e. The summed E-state index contributed by atoms with van der Waals surface area (Å²) >= 11 is 0. The van der Waals surface area contributed by atoms with Gasteiger partial charge in [-0.15, -0.1) is 0 Å². The van der Waals surface area contributed by atoms with Gasteiger partial charge in [0.2, 0.25) is 0 Å². The second-order valence-electron chi connectivity index (χ2n) is 5.10. The Morgan fingerprint density at radius 2 is 2.07 bits per heavy atom. The van der Waals surface area contributed by atoms with Crippen molar-refractivity contribution in [2.24, 2.45) is 5.92 Å². The predicted molar refractivity (Wildman–Crippen MR) is 66.0 cm³/mol. The van der Waals surface area contributed by atoms with E-state index in [-0.39, 0.29) is 0 Å². The van der Waals surface area contributed by atoms with Crippen LogP contribution in [0.3, 0.4) is 0 Å². The summed E-state index contributed by atoms with van der Waals surface area (Å²) in [6.45, 7) is 3.36. The molecule has 0 amide bonds. The van der Waals surface area contributed by atoms with Crippen molar-refractivity contribution in [2.75, 3.05) is 6.54 Å². The van der Waals surface area contributed by atoms with Crippen LogP contribution in [0.5, 0.6) is 0 Å². The molecule has 0 bridgehead atoms. The molecular weight excluding hydrogens is 182 g/mol. The van der Waals surface area contributed by atoms with Gasteiger partial charge in [-0.25, -0.2) is 0 Å². The van der Waals surface area contributed by atoms with E-state index in [9.17, 15) is 0 Å². The van der Waals surface area contributed by atoms with Crippen LogP contribution in [0.25, 0.3) is 0 Å². The largest absolute Gasteiger partial charge is 0.310 e. The van der Waals surface area contributed by atoms with Crippen molar-refractivity contribution in [3.8, 4) is 0 Å². The number of allylic oxidation sites excluding steroid dienone is 1. The average Bonchev–Trinajstić information content (AvgIpc) is 2.98. The fourth-order valence-electron chi connectivity index (χ4n) is 2.75. The second kappa shape index (κ2) is 5.69. The highest BCUT2D eigenvalue weighted by atomic mass is 14.9. The zero-order valence-corrected chi connectivity index (χ0v) is 10.1. The number of hydrogen-bond donors (Lipinski definition) is 1. The smallest absolute Gasteiger partial charge is 0.0307 e. The standard InChI is InChI=1S/C14H25N/c1-2-15-14(13-10-11-13)12-8-6-4-3-5-7-9-12/h8,13-15H,2-7,9-11H2,1H3. The maximum atomic E-state index is 3.69. The van der Waals surface area contributed by atoms with Gasteiger partial charge in [-0.05, 0) is 51.0 Å². The first-order valence-electron chi connectivity index (χ1n) is 6.84. The quantitative estimate of drug-likeness (QED) is 0.694. The Balaban J connectivity index is 1.96. The van der Waals surface area contributed by atoms with E-state index in [0.717, 1.165) is 18.5 Å². The molecule has 1 nitrogen and oxygen atoms in total. The third-order valence-corrected chi connectivity index (χ3v) is 3.74. The third kappa shape index (κ3) is 3.34. The number of likely N-dealkylation sites (N-methyl/N-ethyl adjacent to an activating group) is 1. The molecule has 0 spiro atoms. The molecule has 15 heavy (non-hydrogen) atoms. The molecule has 1 atom stereocenters. The topological polar surface area (TPSA) is 12.0 Å². The Morgan fingerprint density at radius 1 is 1.27 bits per heavy atom. The van der Waals surface area contributed by atoms with E-state index in [4.69, 9.17) is 0 Å². The summed E-state index contributed by atoms with van der Waals surface area (Å²) in [7, 11) is 0. The van der Waals surface area contributed by atoms with Crippen LogP contribution in [0.4, 0.5) is 0 Å². The molecule has 0 saturated heterocycles. The fraction of sp³-hybridized carbons (Fsp3) is 0.857. The Kier molecular flexibility index (Phi) is 4.25. The van der Waals surface area contributed by atoms with Crippen LogP contribution < -0.4 is 5.32 Å². The lowest BCUT2D eigenvalue weighted by Gasteiger charge is -2.22. The lowest BCUT2D eigenvalue weighted by Crippen LogP contribution is -2.33. The molecule has 2 aliphatic rings. The lowest BCUT2D eigenvalue weighted by atomic mass is 9.92. The number of rotatable bonds is 4. The van der Waals surface area contributed by atoms with Crippen LogP contribution in [0, 0.1) is 5.92 Å². The van der Waals surface area contributed by atoms with Crippen molar-refractivity contribution in [2.45, 2.75) is 64.3 Å². The lowest BCUT2D eigenvalue weighted by molar-refractivity contribution is 0.498. The van der Waals surface area contributed by atoms with Crippen molar-refractivity contribution >= 4 is 0 Å². The molecule has 86 valence electrons. The maximum absolute atomic E-state index is 3.69. The molecule has 1 saturated carbocycles. The fourth-order valence-corrected chi connectivity index (χ4v) is 2.75. The normalized spacial score (nSPS) is 25.3. The molecule has 0 aromatic heterocycles. The molecule has 1 heteroatoms. The Hall–Kier alpha value is -0.300. The van der Waals surface area contributed by atoms with Crippen molar-refractivity contribution in [3.63, 3.8) is 0 Å². The minimum atomic E-state index is 0.730. The molecular formula is C14H25N. The van der Waals surface area contributed by atoms with Gasteiger partial charge in [0.05, 0.1) is 0 Å². The molecule has 0 aliphatic heterocycles. The van der Waals surface area contributed by atoms with E-state index in [2.05, 4.69) is 18.3 Å². The van der Waals surface area contributed by atoms with Crippen molar-refractivity contribution in [3.05, 3.63) is 11.6 Å². The Labute approximate surface area is 94.3 Å². The molecule has 0 radical (unpaired) electrons. The highest BCUT2D eigenvalue weighted by Gasteiger charge is 2.32. The number of hydrogen-bond acceptors (Lipinski definition) is 1. The van der Waals surface area contributed by atoms with Crippen LogP contribution in [-0.4, -0.2) is 12.6 Å². The molecule has 0 aromatic rings. The molecule has 1 unspecified atom stereocenters. The average molecular weight is 207 g/mol. The van der Waals surface area contributed by atoms with Crippen LogP contribution in [0.2, 0.25) is 0 Å². The summed E-state index contributed by atoms with van der Waals surface area (Å²) in [4.78, 5) is 0. The zero-order chi connectivity index (χ0) is 10.5. The molecule has 0 heterocycles. The predicted octanol–water partition coefficient (Wildman–Crippen LogP) is 3.66. The SMILES string of the molecule is CCNC(C1=CCCCCCC1)C1CC1. The van der Waals surface area contributed by atoms with Crippen molar-refractivity contribution < 1.29 is 0 Å². The van der Waals surface area contributed by atoms with E-state index in [1.54, 1.807) is 5.57 Å². The van der Waals surface area contributed by atoms with Gasteiger partial charge in [0.25, 0.3) is 0 Å². The van der Waals surface area contributed by atoms with Gasteiger partial charge in [0.15, 0.2) is 0 Å². The molecule has 1 N–H and O–H groups in total. The summed E-state index contributed by atoms with van der Waals surface area (Å²) in [6.07, 6.45) is 13.8. The first-order valence-corrected chi connectivity index (χ1v) is 6.84. The molecule has 0 aromatic carbocycles. The first-order chi connectivity index (χ1) is 7.42. The van der Waals surface area contributed by atoms with Crippen LogP contribution >= 0.6 is 0 Å². The Morgan fingerprint density at radius 3 is 2.80 bits per heavy atom. The summed E-state index contributed by atoms with van der Waals surface area (Å²) in [5.41, 5.74) is 1.74. The first kappa shape index (κ1) is 11.2. The summed E-state index contributed by atoms with van der Waals surface area (Å²) in [5.74, 6) is 0.968. The van der Waals surface area contributed by atoms with Crippen molar-refractivity contribution in [1.82, 2.24) is 5.32 Å². The van der Waals surface area contributed by atoms with Crippen LogP contribution in [0.15, 0.2) is 11.6 Å². The van der Waals surface area contributed by atoms with Crippen LogP contribution in [-0.2, 0) is 0 Å². The highest BCUT2D eigenvalue weighted by Crippen LogP contribution is 2.37. The van der Waals surface area contributed by atoms with E-state index in [1.807, 2.05) is 0 Å². The monoisotopic (exact) mass is 207 g/mol. The third-order valence-electron chi connectivity index (χ3n) is 3.74. The highest BCUT2D eigenvalue weighted by molar-refractivity contribution is 5.15. The van der Waals surface area contributed by atoms with E-state index >= 15 is 0 Å².